The van der Waals surface area contributed by atoms with Gasteiger partial charge in [-0.05, 0) is 0 Å². The molecule has 5 rings (SSSR count). The zero-order valence-corrected chi connectivity index (χ0v) is 17.9. The third-order valence-electron chi connectivity index (χ3n) is 6.11. The van der Waals surface area contributed by atoms with Gasteiger partial charge in [0.25, 0.3) is 0 Å². The zero-order chi connectivity index (χ0) is 20.8. The molecule has 148 valence electrons. The topological polar surface area (TPSA) is 45.0 Å². The van der Waals surface area contributed by atoms with Crippen molar-refractivity contribution in [1.29, 1.82) is 0 Å². The summed E-state index contributed by atoms with van der Waals surface area (Å²) >= 11 is 0. The quantitative estimate of drug-likeness (QED) is 0.412. The number of nitrogens with zero attached hydrogens (tertiary/aromatic N) is 2. The minimum atomic E-state index is -4.05. The van der Waals surface area contributed by atoms with Crippen LogP contribution in [0.4, 0.5) is 11.4 Å². The molecule has 0 atom stereocenters. The molecule has 0 amide bonds. The summed E-state index contributed by atoms with van der Waals surface area (Å²) in [6.45, 7) is 0.0467. The monoisotopic (exact) mass is 410 g/mol. The van der Waals surface area contributed by atoms with Crippen LogP contribution in [-0.4, -0.2) is 4.89 Å². The Morgan fingerprint density at radius 1 is 0.567 bits per heavy atom. The molecule has 1 aliphatic rings. The average molecular weight is 410 g/mol. The SMILES string of the molecule is Cc1ccc(P(O)(c2ccccc2)(c2ccccc2)c2ccc(C)c3c2N=N3)cc1. The van der Waals surface area contributed by atoms with Crippen molar-refractivity contribution in [2.75, 3.05) is 0 Å². The molecule has 0 unspecified atom stereocenters. The first kappa shape index (κ1) is 18.9. The van der Waals surface area contributed by atoms with Crippen molar-refractivity contribution in [2.24, 2.45) is 10.2 Å². The molecule has 1 heterocycles. The van der Waals surface area contributed by atoms with E-state index in [1.54, 1.807) is 0 Å². The Balaban J connectivity index is 2.01. The van der Waals surface area contributed by atoms with Gasteiger partial charge in [0.2, 0.25) is 0 Å². The standard InChI is InChI=1S/C26H23N2OP/c1-19-13-16-23(17-14-19)30(29,21-9-5-3-6-10-21,22-11-7-4-8-12-22)24-18-15-20(2)25-26(24)28-27-25/h3-18,29H,1-2H3. The number of hydrogen-bond donors (Lipinski definition) is 1. The van der Waals surface area contributed by atoms with E-state index in [1.165, 1.54) is 0 Å². The van der Waals surface area contributed by atoms with Gasteiger partial charge in [0.15, 0.2) is 0 Å². The van der Waals surface area contributed by atoms with E-state index in [0.717, 1.165) is 43.7 Å². The zero-order valence-electron chi connectivity index (χ0n) is 17.0. The molecule has 0 bridgehead atoms. The minimum absolute atomic E-state index is 0.795. The van der Waals surface area contributed by atoms with Crippen molar-refractivity contribution < 1.29 is 4.89 Å². The van der Waals surface area contributed by atoms with Crippen molar-refractivity contribution >= 4 is 39.4 Å². The third kappa shape index (κ3) is 2.40. The van der Waals surface area contributed by atoms with Gasteiger partial charge in [-0.2, -0.15) is 0 Å². The summed E-state index contributed by atoms with van der Waals surface area (Å²) in [5, 5.41) is 12.2. The molecule has 30 heavy (non-hydrogen) atoms. The van der Waals surface area contributed by atoms with Gasteiger partial charge in [-0.25, -0.2) is 0 Å². The van der Waals surface area contributed by atoms with Crippen LogP contribution < -0.4 is 21.2 Å². The summed E-state index contributed by atoms with van der Waals surface area (Å²) in [6.07, 6.45) is 0. The van der Waals surface area contributed by atoms with E-state index < -0.39 is 6.83 Å². The summed E-state index contributed by atoms with van der Waals surface area (Å²) in [6, 6.07) is 32.4. The van der Waals surface area contributed by atoms with Crippen molar-refractivity contribution in [2.45, 2.75) is 13.8 Å². The predicted molar refractivity (Wildman–Crippen MR) is 127 cm³/mol. The van der Waals surface area contributed by atoms with E-state index in [-0.39, 0.29) is 0 Å². The van der Waals surface area contributed by atoms with E-state index in [4.69, 9.17) is 0 Å². The van der Waals surface area contributed by atoms with Gasteiger partial charge < -0.3 is 0 Å². The molecule has 0 spiro atoms. The van der Waals surface area contributed by atoms with Gasteiger partial charge in [-0.3, -0.25) is 0 Å². The first-order valence-corrected chi connectivity index (χ1v) is 12.2. The Hall–Kier alpha value is -3.13. The Kier molecular flexibility index (Phi) is 4.21. The molecular weight excluding hydrogens is 387 g/mol. The molecule has 1 N–H and O–H groups in total. The maximum atomic E-state index is 13.4. The molecule has 4 aromatic rings. The van der Waals surface area contributed by atoms with Gasteiger partial charge in [-0.1, -0.05) is 0 Å². The molecule has 4 aromatic carbocycles. The molecule has 0 radical (unpaired) electrons. The van der Waals surface area contributed by atoms with E-state index >= 15 is 0 Å². The number of rotatable bonds is 4. The maximum absolute atomic E-state index is 13.4. The van der Waals surface area contributed by atoms with Crippen LogP contribution in [0.3, 0.4) is 0 Å². The van der Waals surface area contributed by atoms with Crippen LogP contribution >= 0.6 is 6.83 Å². The normalized spacial score (nSPS) is 13.8. The molecule has 3 nitrogen and oxygen atoms in total. The van der Waals surface area contributed by atoms with Gasteiger partial charge in [0.05, 0.1) is 0 Å². The van der Waals surface area contributed by atoms with Crippen molar-refractivity contribution in [1.82, 2.24) is 0 Å². The van der Waals surface area contributed by atoms with E-state index in [9.17, 15) is 4.89 Å². The van der Waals surface area contributed by atoms with Crippen molar-refractivity contribution in [3.63, 3.8) is 0 Å². The second-order valence-electron chi connectivity index (χ2n) is 7.88. The van der Waals surface area contributed by atoms with E-state index in [1.807, 2.05) is 79.7 Å². The summed E-state index contributed by atoms with van der Waals surface area (Å²) in [5.74, 6) is 0. The van der Waals surface area contributed by atoms with Crippen LogP contribution in [0, 0.1) is 13.8 Å². The fourth-order valence-electron chi connectivity index (χ4n) is 4.44. The number of benzene rings is 4. The molecular formula is C26H23N2OP. The summed E-state index contributed by atoms with van der Waals surface area (Å²) < 4.78 is 0. The summed E-state index contributed by atoms with van der Waals surface area (Å²) in [7, 11) is 0. The second-order valence-corrected chi connectivity index (χ2v) is 12.0. The molecule has 4 heteroatoms. The molecule has 1 aliphatic heterocycles. The van der Waals surface area contributed by atoms with Crippen LogP contribution in [0.5, 0.6) is 0 Å². The molecule has 0 aliphatic carbocycles. The second kappa shape index (κ2) is 6.70. The number of azo groups is 1. The number of aryl methyl sites for hydroxylation is 2. The first-order valence-electron chi connectivity index (χ1n) is 10.0. The third-order valence-corrected chi connectivity index (χ3v) is 11.3. The number of fused-ring (bicyclic) bond motifs is 1. The van der Waals surface area contributed by atoms with Gasteiger partial charge in [0.1, 0.15) is 0 Å². The van der Waals surface area contributed by atoms with Crippen LogP contribution in [0.2, 0.25) is 0 Å². The van der Waals surface area contributed by atoms with Crippen LogP contribution in [0.25, 0.3) is 0 Å². The van der Waals surface area contributed by atoms with Crippen LogP contribution in [0.15, 0.2) is 107 Å². The van der Waals surface area contributed by atoms with Crippen LogP contribution in [0.1, 0.15) is 11.1 Å². The van der Waals surface area contributed by atoms with E-state index in [2.05, 4.69) is 41.4 Å². The fourth-order valence-corrected chi connectivity index (χ4v) is 9.33. The molecule has 0 saturated heterocycles. The predicted octanol–water partition coefficient (Wildman–Crippen LogP) is 5.09. The Bertz CT molecular complexity index is 1230. The average Bonchev–Trinajstić information content (AvgIpc) is 2.76. The Morgan fingerprint density at radius 3 is 1.57 bits per heavy atom. The molecule has 0 fully saturated rings. The Morgan fingerprint density at radius 2 is 1.07 bits per heavy atom. The van der Waals surface area contributed by atoms with Gasteiger partial charge >= 0.3 is 177 Å². The summed E-state index contributed by atoms with van der Waals surface area (Å²) in [4.78, 5) is 13.4. The summed E-state index contributed by atoms with van der Waals surface area (Å²) in [5.41, 5.74) is 3.89. The van der Waals surface area contributed by atoms with Gasteiger partial charge in [0, 0.05) is 0 Å². The molecule has 0 saturated carbocycles. The first-order chi connectivity index (χ1) is 14.5. The van der Waals surface area contributed by atoms with E-state index in [0.29, 0.717) is 0 Å². The van der Waals surface area contributed by atoms with Gasteiger partial charge in [-0.15, -0.1) is 0 Å². The Labute approximate surface area is 176 Å². The molecule has 0 aromatic heterocycles. The van der Waals surface area contributed by atoms with Crippen molar-refractivity contribution in [3.8, 4) is 0 Å². The number of hydrogen-bond acceptors (Lipinski definition) is 3. The fraction of sp³-hybridized carbons (Fsp3) is 0.0769. The van der Waals surface area contributed by atoms with Crippen LogP contribution in [-0.2, 0) is 0 Å². The van der Waals surface area contributed by atoms with Crippen molar-refractivity contribution in [3.05, 3.63) is 108 Å².